The maximum absolute atomic E-state index is 11.7. The summed E-state index contributed by atoms with van der Waals surface area (Å²) < 4.78 is 20.1. The van der Waals surface area contributed by atoms with Gasteiger partial charge in [0.1, 0.15) is 6.23 Å². The highest BCUT2D eigenvalue weighted by atomic mass is 16.6. The number of nitrogens with zero attached hydrogens (tertiary/aromatic N) is 2. The number of ether oxygens (including phenoxy) is 4. The minimum atomic E-state index is -0.962. The van der Waals surface area contributed by atoms with Gasteiger partial charge in [-0.2, -0.15) is 0 Å². The molecular weight excluding hydrogens is 608 g/mol. The number of hydrogen-bond donors (Lipinski definition) is 5. The van der Waals surface area contributed by atoms with E-state index < -0.39 is 53.1 Å². The highest BCUT2D eigenvalue weighted by Crippen LogP contribution is 2.09. The lowest BCUT2D eigenvalue weighted by Gasteiger charge is -2.30. The van der Waals surface area contributed by atoms with Gasteiger partial charge in [-0.25, -0.2) is 19.2 Å². The first-order valence-electron chi connectivity index (χ1n) is 15.2. The molecule has 0 aromatic heterocycles. The zero-order valence-corrected chi connectivity index (χ0v) is 27.2. The van der Waals surface area contributed by atoms with Crippen LogP contribution in [0.4, 0.5) is 0 Å². The van der Waals surface area contributed by atoms with Crippen LogP contribution in [0.5, 0.6) is 0 Å². The van der Waals surface area contributed by atoms with Crippen LogP contribution in [0, 0.1) is 0 Å². The second-order valence-corrected chi connectivity index (χ2v) is 9.80. The number of aliphatic hydroxyl groups is 5. The molecule has 0 aliphatic rings. The van der Waals surface area contributed by atoms with Gasteiger partial charge in [0.25, 0.3) is 0 Å². The van der Waals surface area contributed by atoms with E-state index in [1.807, 2.05) is 4.90 Å². The highest BCUT2D eigenvalue weighted by molar-refractivity contribution is 5.86. The van der Waals surface area contributed by atoms with Crippen LogP contribution in [0.1, 0.15) is 59.8 Å². The quantitative estimate of drug-likeness (QED) is 0.0252. The van der Waals surface area contributed by atoms with Crippen molar-refractivity contribution in [3.05, 3.63) is 47.3 Å². The van der Waals surface area contributed by atoms with E-state index in [0.29, 0.717) is 58.4 Å². The van der Waals surface area contributed by atoms with Crippen LogP contribution in [0.25, 0.3) is 0 Å². The van der Waals surface area contributed by atoms with Gasteiger partial charge in [0, 0.05) is 32.7 Å². The van der Waals surface area contributed by atoms with Crippen LogP contribution in [0.2, 0.25) is 0 Å². The maximum atomic E-state index is 11.7. The molecular formula is C31H50N2O13. The van der Waals surface area contributed by atoms with E-state index in [2.05, 4.69) is 0 Å². The Labute approximate surface area is 270 Å². The predicted octanol–water partition coefficient (Wildman–Crippen LogP) is 2.88. The Bertz CT molecular complexity index is 993. The van der Waals surface area contributed by atoms with Crippen molar-refractivity contribution in [1.82, 2.24) is 9.80 Å². The molecule has 0 saturated heterocycles. The number of esters is 4. The zero-order valence-electron chi connectivity index (χ0n) is 27.2. The summed E-state index contributed by atoms with van der Waals surface area (Å²) in [6.07, 6.45) is 5.66. The third kappa shape index (κ3) is 18.7. The summed E-state index contributed by atoms with van der Waals surface area (Å²) in [5.41, 5.74) is 0. The maximum Gasteiger partial charge on any atom is 0.373 e. The van der Waals surface area contributed by atoms with Crippen LogP contribution in [-0.4, -0.2) is 125 Å². The summed E-state index contributed by atoms with van der Waals surface area (Å²) in [4.78, 5) is 50.5. The molecule has 15 heteroatoms. The molecule has 1 atom stereocenters. The van der Waals surface area contributed by atoms with Gasteiger partial charge in [-0.15, -0.1) is 0 Å². The molecule has 0 amide bonds. The van der Waals surface area contributed by atoms with Crippen molar-refractivity contribution in [3.8, 4) is 0 Å². The average Bonchev–Trinajstić information content (AvgIpc) is 3.07. The third-order valence-electron chi connectivity index (χ3n) is 6.40. The first-order valence-corrected chi connectivity index (χ1v) is 15.2. The Balaban J connectivity index is 5.27. The normalized spacial score (nSPS) is 13.5. The van der Waals surface area contributed by atoms with Gasteiger partial charge in [-0.05, 0) is 84.1 Å². The lowest BCUT2D eigenvalue weighted by atomic mass is 10.2. The zero-order chi connectivity index (χ0) is 34.9. The van der Waals surface area contributed by atoms with Crippen molar-refractivity contribution < 1.29 is 63.7 Å². The van der Waals surface area contributed by atoms with Crippen molar-refractivity contribution >= 4 is 23.9 Å². The average molecular weight is 659 g/mol. The lowest BCUT2D eigenvalue weighted by Crippen LogP contribution is -2.40. The van der Waals surface area contributed by atoms with E-state index in [1.165, 1.54) is 52.0 Å². The predicted molar refractivity (Wildman–Crippen MR) is 166 cm³/mol. The SMILES string of the molecule is CC=C(O)C(=O)OCCCN(CCCOC(=O)C(O)=CC)CCC(O)N(CCCOC(=O)C(O)=CC)CCCOC(=O)C(O)=CC. The van der Waals surface area contributed by atoms with E-state index in [4.69, 9.17) is 18.9 Å². The summed E-state index contributed by atoms with van der Waals surface area (Å²) in [7, 11) is 0. The Kier molecular flexibility index (Phi) is 22.9. The summed E-state index contributed by atoms with van der Waals surface area (Å²) >= 11 is 0. The minimum Gasteiger partial charge on any atom is -0.502 e. The van der Waals surface area contributed by atoms with Crippen LogP contribution >= 0.6 is 0 Å². The van der Waals surface area contributed by atoms with Gasteiger partial charge in [-0.3, -0.25) is 4.90 Å². The first kappa shape index (κ1) is 41.9. The summed E-state index contributed by atoms with van der Waals surface area (Å²) in [5, 5.41) is 48.9. The van der Waals surface area contributed by atoms with Crippen LogP contribution < -0.4 is 0 Å². The number of hydrogen-bond acceptors (Lipinski definition) is 15. The van der Waals surface area contributed by atoms with E-state index in [0.717, 1.165) is 0 Å². The number of allylic oxidation sites excluding steroid dienone is 4. The first-order chi connectivity index (χ1) is 21.9. The molecule has 0 heterocycles. The molecule has 0 aliphatic carbocycles. The smallest absolute Gasteiger partial charge is 0.373 e. The second kappa shape index (κ2) is 25.2. The van der Waals surface area contributed by atoms with Crippen LogP contribution in [-0.2, 0) is 38.1 Å². The molecule has 46 heavy (non-hydrogen) atoms. The molecule has 262 valence electrons. The van der Waals surface area contributed by atoms with E-state index in [-0.39, 0.29) is 32.8 Å². The highest BCUT2D eigenvalue weighted by Gasteiger charge is 2.19. The van der Waals surface area contributed by atoms with Crippen molar-refractivity contribution in [2.24, 2.45) is 0 Å². The Morgan fingerprint density at radius 3 is 1.09 bits per heavy atom. The Hall–Kier alpha value is -4.08. The summed E-state index contributed by atoms with van der Waals surface area (Å²) in [6.45, 7) is 7.89. The lowest BCUT2D eigenvalue weighted by molar-refractivity contribution is -0.143. The molecule has 0 fully saturated rings. The van der Waals surface area contributed by atoms with Gasteiger partial charge < -0.3 is 49.4 Å². The fourth-order valence-electron chi connectivity index (χ4n) is 3.76. The van der Waals surface area contributed by atoms with Gasteiger partial charge in [0.2, 0.25) is 0 Å². The molecule has 0 saturated carbocycles. The van der Waals surface area contributed by atoms with Gasteiger partial charge in [0.15, 0.2) is 23.0 Å². The van der Waals surface area contributed by atoms with Gasteiger partial charge >= 0.3 is 23.9 Å². The Morgan fingerprint density at radius 2 is 0.804 bits per heavy atom. The van der Waals surface area contributed by atoms with Crippen LogP contribution in [0.3, 0.4) is 0 Å². The monoisotopic (exact) mass is 658 g/mol. The molecule has 0 aromatic carbocycles. The summed E-state index contributed by atoms with van der Waals surface area (Å²) in [5.74, 6) is -5.41. The molecule has 0 spiro atoms. The standard InChI is InChI=1S/C31H50N2O13/c1-5-23(34)28(39)43-19-9-14-32(15-10-20-44-29(40)24(35)6-2)18-13-27(38)33(16-11-21-45-30(41)25(36)7-3)17-12-22-46-31(42)26(37)8-4/h5-8,27,34-38H,9-22H2,1-4H3. The largest absolute Gasteiger partial charge is 0.502 e. The molecule has 0 radical (unpaired) electrons. The molecule has 1 unspecified atom stereocenters. The van der Waals surface area contributed by atoms with Gasteiger partial charge in [-0.1, -0.05) is 0 Å². The van der Waals surface area contributed by atoms with Crippen LogP contribution in [0.15, 0.2) is 47.3 Å². The Morgan fingerprint density at radius 1 is 0.522 bits per heavy atom. The fraction of sp³-hybridized carbons (Fsp3) is 0.613. The molecule has 15 nitrogen and oxygen atoms in total. The third-order valence-corrected chi connectivity index (χ3v) is 6.40. The number of rotatable bonds is 24. The van der Waals surface area contributed by atoms with E-state index in [9.17, 15) is 44.7 Å². The molecule has 5 N–H and O–H groups in total. The summed E-state index contributed by atoms with van der Waals surface area (Å²) in [6, 6.07) is 0. The number of aliphatic hydroxyl groups excluding tert-OH is 5. The topological polar surface area (TPSA) is 213 Å². The van der Waals surface area contributed by atoms with Crippen molar-refractivity contribution in [3.63, 3.8) is 0 Å². The molecule has 0 aromatic rings. The number of carbonyl (C=O) groups excluding carboxylic acids is 4. The van der Waals surface area contributed by atoms with Crippen molar-refractivity contribution in [1.29, 1.82) is 0 Å². The van der Waals surface area contributed by atoms with E-state index in [1.54, 1.807) is 4.90 Å². The van der Waals surface area contributed by atoms with Gasteiger partial charge in [0.05, 0.1) is 26.4 Å². The van der Waals surface area contributed by atoms with Crippen molar-refractivity contribution in [2.75, 3.05) is 59.2 Å². The minimum absolute atomic E-state index is 0.0147. The fourth-order valence-corrected chi connectivity index (χ4v) is 3.76. The molecule has 0 aliphatic heterocycles. The van der Waals surface area contributed by atoms with Crippen molar-refractivity contribution in [2.45, 2.75) is 66.0 Å². The van der Waals surface area contributed by atoms with E-state index >= 15 is 0 Å². The second-order valence-electron chi connectivity index (χ2n) is 9.80. The molecule has 0 rings (SSSR count). The molecule has 0 bridgehead atoms. The number of carbonyl (C=O) groups is 4.